The van der Waals surface area contributed by atoms with E-state index >= 15 is 0 Å². The lowest BCUT2D eigenvalue weighted by atomic mass is 10.0. The van der Waals surface area contributed by atoms with E-state index < -0.39 is 24.8 Å². The molecule has 8 nitrogen and oxygen atoms in total. The fraction of sp³-hybridized carbons (Fsp3) is 0.250. The second-order valence-electron chi connectivity index (χ2n) is 7.10. The molecule has 0 aliphatic heterocycles. The number of halogens is 3. The largest absolute Gasteiger partial charge is 0.390 e. The third kappa shape index (κ3) is 3.98. The Kier molecular flexibility index (Phi) is 4.96. The van der Waals surface area contributed by atoms with Gasteiger partial charge in [-0.15, -0.1) is 5.10 Å². The number of anilines is 1. The second kappa shape index (κ2) is 7.49. The first kappa shape index (κ1) is 20.5. The van der Waals surface area contributed by atoms with Gasteiger partial charge in [-0.05, 0) is 43.7 Å². The number of hydrogen-bond acceptors (Lipinski definition) is 6. The third-order valence-electron chi connectivity index (χ3n) is 4.67. The minimum Gasteiger partial charge on any atom is -0.369 e. The number of alkyl halides is 3. The van der Waals surface area contributed by atoms with E-state index in [1.807, 2.05) is 13.8 Å². The van der Waals surface area contributed by atoms with Crippen molar-refractivity contribution >= 4 is 11.6 Å². The summed E-state index contributed by atoms with van der Waals surface area (Å²) >= 11 is 0. The highest BCUT2D eigenvalue weighted by atomic mass is 19.4. The fourth-order valence-corrected chi connectivity index (χ4v) is 3.44. The minimum absolute atomic E-state index is 0.114. The molecule has 4 aromatic rings. The second-order valence-corrected chi connectivity index (χ2v) is 7.10. The summed E-state index contributed by atoms with van der Waals surface area (Å²) in [7, 11) is 0. The van der Waals surface area contributed by atoms with Crippen molar-refractivity contribution < 1.29 is 13.2 Å². The lowest BCUT2D eigenvalue weighted by molar-refractivity contribution is -0.137. The molecule has 0 aliphatic carbocycles. The number of hydrogen-bond donors (Lipinski definition) is 1. The molecule has 0 atom stereocenters. The molecular formula is C20H18F3N7O. The van der Waals surface area contributed by atoms with Crippen LogP contribution in [0.4, 0.5) is 19.1 Å². The predicted molar refractivity (Wildman–Crippen MR) is 108 cm³/mol. The first-order valence-corrected chi connectivity index (χ1v) is 9.36. The van der Waals surface area contributed by atoms with Gasteiger partial charge in [0.25, 0.3) is 0 Å². The van der Waals surface area contributed by atoms with Gasteiger partial charge in [0.1, 0.15) is 0 Å². The molecule has 4 aromatic heterocycles. The Morgan fingerprint density at radius 3 is 2.42 bits per heavy atom. The van der Waals surface area contributed by atoms with Crippen molar-refractivity contribution in [3.8, 4) is 22.4 Å². The van der Waals surface area contributed by atoms with Gasteiger partial charge in [0.05, 0.1) is 24.2 Å². The van der Waals surface area contributed by atoms with Crippen molar-refractivity contribution in [3.05, 3.63) is 58.5 Å². The van der Waals surface area contributed by atoms with Gasteiger partial charge >= 0.3 is 11.9 Å². The Balaban J connectivity index is 2.05. The van der Waals surface area contributed by atoms with E-state index in [9.17, 15) is 18.0 Å². The van der Waals surface area contributed by atoms with Crippen molar-refractivity contribution in [1.82, 2.24) is 29.1 Å². The maximum absolute atomic E-state index is 12.8. The zero-order chi connectivity index (χ0) is 22.3. The third-order valence-corrected chi connectivity index (χ3v) is 4.67. The van der Waals surface area contributed by atoms with E-state index in [0.717, 1.165) is 20.5 Å². The molecule has 0 bridgehead atoms. The molecule has 0 radical (unpaired) electrons. The maximum atomic E-state index is 12.8. The van der Waals surface area contributed by atoms with E-state index in [4.69, 9.17) is 5.73 Å². The van der Waals surface area contributed by atoms with Crippen LogP contribution in [0, 0.1) is 13.8 Å². The average molecular weight is 429 g/mol. The number of aryl methyl sites for hydroxylation is 3. The maximum Gasteiger partial charge on any atom is 0.390 e. The molecule has 0 spiro atoms. The highest BCUT2D eigenvalue weighted by molar-refractivity contribution is 5.90. The Morgan fingerprint density at radius 1 is 1.10 bits per heavy atom. The summed E-state index contributed by atoms with van der Waals surface area (Å²) in [5, 5.41) is 4.20. The van der Waals surface area contributed by atoms with Gasteiger partial charge in [0, 0.05) is 29.3 Å². The highest BCUT2D eigenvalue weighted by Crippen LogP contribution is 2.34. The molecule has 0 amide bonds. The van der Waals surface area contributed by atoms with Gasteiger partial charge in [0.15, 0.2) is 5.65 Å². The summed E-state index contributed by atoms with van der Waals surface area (Å²) in [4.78, 5) is 25.6. The number of aromatic nitrogens is 6. The van der Waals surface area contributed by atoms with Crippen LogP contribution in [0.25, 0.3) is 28.0 Å². The van der Waals surface area contributed by atoms with Crippen molar-refractivity contribution in [3.63, 3.8) is 0 Å². The summed E-state index contributed by atoms with van der Waals surface area (Å²) in [6.45, 7) is 3.01. The zero-order valence-electron chi connectivity index (χ0n) is 16.7. The normalized spacial score (nSPS) is 11.9. The van der Waals surface area contributed by atoms with E-state index in [0.29, 0.717) is 22.4 Å². The van der Waals surface area contributed by atoms with E-state index in [1.165, 1.54) is 0 Å². The van der Waals surface area contributed by atoms with E-state index in [-0.39, 0.29) is 11.6 Å². The van der Waals surface area contributed by atoms with Crippen LogP contribution in [-0.4, -0.2) is 35.3 Å². The molecule has 0 saturated carbocycles. The molecule has 160 valence electrons. The molecule has 0 aliphatic rings. The van der Waals surface area contributed by atoms with Crippen molar-refractivity contribution in [2.75, 3.05) is 5.73 Å². The summed E-state index contributed by atoms with van der Waals surface area (Å²) in [5.41, 5.74) is 8.97. The van der Waals surface area contributed by atoms with Gasteiger partial charge in [-0.1, -0.05) is 0 Å². The molecule has 2 N–H and O–H groups in total. The molecule has 0 aromatic carbocycles. The van der Waals surface area contributed by atoms with Crippen LogP contribution < -0.4 is 11.4 Å². The number of fused-ring (bicyclic) bond motifs is 1. The Hall–Kier alpha value is -3.76. The van der Waals surface area contributed by atoms with Crippen molar-refractivity contribution in [1.29, 1.82) is 0 Å². The number of rotatable bonds is 4. The SMILES string of the molecule is Cc1cc(-c2c(-c3cccnc3)nc(N)n3c(=O)n(CCC(F)(F)F)nc23)cc(C)n1. The monoisotopic (exact) mass is 429 g/mol. The van der Waals surface area contributed by atoms with Gasteiger partial charge in [-0.25, -0.2) is 18.9 Å². The molecular weight excluding hydrogens is 411 g/mol. The molecule has 0 unspecified atom stereocenters. The highest BCUT2D eigenvalue weighted by Gasteiger charge is 2.28. The standard InChI is InChI=1S/C20H18F3N7O/c1-11-8-14(9-12(2)26-11)15-16(13-4-3-6-25-10-13)27-18(24)30-17(15)28-29(19(30)31)7-5-20(21,22)23/h3-4,6,8-10H,5,7H2,1-2H3,(H2,24,27). The van der Waals surface area contributed by atoms with Crippen LogP contribution in [0.15, 0.2) is 41.5 Å². The number of nitrogen functional groups attached to an aromatic ring is 1. The van der Waals surface area contributed by atoms with Crippen LogP contribution in [0.2, 0.25) is 0 Å². The number of nitrogens with zero attached hydrogens (tertiary/aromatic N) is 6. The predicted octanol–water partition coefficient (Wildman–Crippen LogP) is 3.17. The molecule has 0 fully saturated rings. The van der Waals surface area contributed by atoms with Crippen molar-refractivity contribution in [2.45, 2.75) is 33.0 Å². The quantitative estimate of drug-likeness (QED) is 0.534. The van der Waals surface area contributed by atoms with Gasteiger partial charge in [-0.3, -0.25) is 9.97 Å². The summed E-state index contributed by atoms with van der Waals surface area (Å²) in [6.07, 6.45) is -2.44. The van der Waals surface area contributed by atoms with Crippen LogP contribution in [0.1, 0.15) is 17.8 Å². The fourth-order valence-electron chi connectivity index (χ4n) is 3.44. The molecule has 4 heterocycles. The summed E-state index contributed by atoms with van der Waals surface area (Å²) < 4.78 is 40.0. The van der Waals surface area contributed by atoms with E-state index in [2.05, 4.69) is 20.1 Å². The van der Waals surface area contributed by atoms with Crippen LogP contribution in [-0.2, 0) is 6.54 Å². The van der Waals surface area contributed by atoms with Gasteiger partial charge < -0.3 is 5.73 Å². The number of pyridine rings is 2. The van der Waals surface area contributed by atoms with Crippen LogP contribution in [0.3, 0.4) is 0 Å². The molecule has 4 rings (SSSR count). The zero-order valence-corrected chi connectivity index (χ0v) is 16.7. The van der Waals surface area contributed by atoms with E-state index in [1.54, 1.807) is 36.7 Å². The molecule has 0 saturated heterocycles. The molecule has 31 heavy (non-hydrogen) atoms. The Morgan fingerprint density at radius 2 is 1.81 bits per heavy atom. The van der Waals surface area contributed by atoms with Crippen molar-refractivity contribution in [2.24, 2.45) is 0 Å². The first-order valence-electron chi connectivity index (χ1n) is 9.36. The smallest absolute Gasteiger partial charge is 0.369 e. The Bertz CT molecular complexity index is 1310. The topological polar surface area (TPSA) is 104 Å². The minimum atomic E-state index is -4.43. The van der Waals surface area contributed by atoms with Gasteiger partial charge in [-0.2, -0.15) is 13.2 Å². The summed E-state index contributed by atoms with van der Waals surface area (Å²) in [5.74, 6) is -0.177. The van der Waals surface area contributed by atoms with Crippen LogP contribution in [0.5, 0.6) is 0 Å². The molecule has 11 heteroatoms. The Labute approximate surface area is 174 Å². The first-order chi connectivity index (χ1) is 14.6. The summed E-state index contributed by atoms with van der Waals surface area (Å²) in [6, 6.07) is 7.07. The van der Waals surface area contributed by atoms with Crippen LogP contribution >= 0.6 is 0 Å². The lowest BCUT2D eigenvalue weighted by Crippen LogP contribution is -2.25. The average Bonchev–Trinajstić information content (AvgIpc) is 3.02. The lowest BCUT2D eigenvalue weighted by Gasteiger charge is -2.12. The number of nitrogens with two attached hydrogens (primary N) is 1. The van der Waals surface area contributed by atoms with Gasteiger partial charge in [0.2, 0.25) is 5.95 Å².